The maximum atomic E-state index is 12.1. The van der Waals surface area contributed by atoms with Gasteiger partial charge in [-0.25, -0.2) is 4.79 Å². The van der Waals surface area contributed by atoms with Gasteiger partial charge in [-0.15, -0.1) is 0 Å². The van der Waals surface area contributed by atoms with Gasteiger partial charge in [-0.05, 0) is 69.2 Å². The number of halogens is 1. The van der Waals surface area contributed by atoms with E-state index < -0.39 is 5.97 Å². The third-order valence-corrected chi connectivity index (χ3v) is 5.67. The Hall–Kier alpha value is -2.78. The number of imide groups is 1. The molecule has 0 atom stereocenters. The van der Waals surface area contributed by atoms with Crippen LogP contribution in [0.2, 0.25) is 0 Å². The second kappa shape index (κ2) is 8.71. The first-order valence-electron chi connectivity index (χ1n) is 8.34. The second-order valence-corrected chi connectivity index (χ2v) is 7.91. The molecule has 1 heterocycles. The number of carboxylic acids is 1. The molecule has 0 radical (unpaired) electrons. The molecule has 1 fully saturated rings. The maximum absolute atomic E-state index is 12.1. The minimum atomic E-state index is -0.988. The topological polar surface area (TPSA) is 93.1 Å². The molecule has 1 saturated heterocycles. The number of amides is 2. The van der Waals surface area contributed by atoms with Gasteiger partial charge in [0, 0.05) is 7.05 Å². The number of aromatic carboxylic acids is 1. The van der Waals surface area contributed by atoms with Crippen LogP contribution in [0.1, 0.15) is 21.5 Å². The number of nitrogens with zero attached hydrogens (tertiary/aromatic N) is 1. The number of hydrogen-bond donors (Lipinski definition) is 1. The fourth-order valence-corrected chi connectivity index (χ4v) is 3.96. The minimum absolute atomic E-state index is 0.202. The van der Waals surface area contributed by atoms with Crippen molar-refractivity contribution in [1.82, 2.24) is 4.90 Å². The number of carbonyl (C=O) groups excluding carboxylic acids is 2. The van der Waals surface area contributed by atoms with E-state index in [1.807, 2.05) is 0 Å². The average Bonchev–Trinajstić information content (AvgIpc) is 2.93. The number of rotatable bonds is 6. The Morgan fingerprint density at radius 3 is 2.48 bits per heavy atom. The quantitative estimate of drug-likeness (QED) is 0.616. The Balaban J connectivity index is 1.81. The van der Waals surface area contributed by atoms with E-state index in [9.17, 15) is 14.4 Å². The molecule has 2 aromatic rings. The summed E-state index contributed by atoms with van der Waals surface area (Å²) < 4.78 is 11.9. The van der Waals surface area contributed by atoms with Gasteiger partial charge in [0.05, 0.1) is 22.1 Å². The van der Waals surface area contributed by atoms with Gasteiger partial charge in [0.1, 0.15) is 6.61 Å². The standard InChI is InChI=1S/C20H16BrNO6S/c1-22-18(23)16(29-20(22)26)9-12-7-14(21)17(15(8-12)27-2)28-10-11-3-5-13(6-4-11)19(24)25/h3-9H,10H2,1-2H3,(H,24,25)/b16-9-. The van der Waals surface area contributed by atoms with Crippen LogP contribution in [-0.2, 0) is 11.4 Å². The number of methoxy groups -OCH3 is 1. The van der Waals surface area contributed by atoms with Crippen LogP contribution in [0, 0.1) is 0 Å². The Labute approximate surface area is 179 Å². The highest BCUT2D eigenvalue weighted by Crippen LogP contribution is 2.39. The Kier molecular flexibility index (Phi) is 6.29. The predicted molar refractivity (Wildman–Crippen MR) is 112 cm³/mol. The van der Waals surface area contributed by atoms with Gasteiger partial charge in [-0.3, -0.25) is 14.5 Å². The molecule has 9 heteroatoms. The van der Waals surface area contributed by atoms with Gasteiger partial charge in [0.25, 0.3) is 11.1 Å². The summed E-state index contributed by atoms with van der Waals surface area (Å²) in [6.07, 6.45) is 1.62. The van der Waals surface area contributed by atoms with Gasteiger partial charge >= 0.3 is 5.97 Å². The molecule has 150 valence electrons. The molecule has 1 aliphatic rings. The van der Waals surface area contributed by atoms with Crippen molar-refractivity contribution in [2.24, 2.45) is 0 Å². The molecule has 0 aromatic heterocycles. The van der Waals surface area contributed by atoms with Crippen LogP contribution in [0.15, 0.2) is 45.8 Å². The first kappa shape index (κ1) is 20.9. The lowest BCUT2D eigenvalue weighted by molar-refractivity contribution is -0.121. The normalized spacial score (nSPS) is 15.1. The molecule has 1 N–H and O–H groups in total. The minimum Gasteiger partial charge on any atom is -0.493 e. The van der Waals surface area contributed by atoms with E-state index in [-0.39, 0.29) is 23.3 Å². The van der Waals surface area contributed by atoms with E-state index in [1.165, 1.54) is 26.3 Å². The van der Waals surface area contributed by atoms with E-state index in [0.717, 1.165) is 22.2 Å². The Morgan fingerprint density at radius 2 is 1.93 bits per heavy atom. The van der Waals surface area contributed by atoms with E-state index in [1.54, 1.807) is 30.3 Å². The Bertz CT molecular complexity index is 1020. The van der Waals surface area contributed by atoms with Crippen LogP contribution in [0.25, 0.3) is 6.08 Å². The van der Waals surface area contributed by atoms with Gasteiger partial charge < -0.3 is 14.6 Å². The molecule has 2 amide bonds. The monoisotopic (exact) mass is 477 g/mol. The summed E-state index contributed by atoms with van der Waals surface area (Å²) in [5.74, 6) is -0.419. The van der Waals surface area contributed by atoms with Crippen LogP contribution in [0.3, 0.4) is 0 Å². The molecule has 7 nitrogen and oxygen atoms in total. The molecular formula is C20H16BrNO6S. The summed E-state index contributed by atoms with van der Waals surface area (Å²) in [4.78, 5) is 36.0. The second-order valence-electron chi connectivity index (χ2n) is 6.07. The lowest BCUT2D eigenvalue weighted by Crippen LogP contribution is -2.22. The lowest BCUT2D eigenvalue weighted by atomic mass is 10.1. The van der Waals surface area contributed by atoms with Crippen molar-refractivity contribution in [3.05, 3.63) is 62.5 Å². The molecule has 0 aliphatic carbocycles. The average molecular weight is 478 g/mol. The third-order valence-electron chi connectivity index (χ3n) is 4.12. The molecule has 0 bridgehead atoms. The van der Waals surface area contributed by atoms with Crippen LogP contribution in [0.4, 0.5) is 4.79 Å². The third kappa shape index (κ3) is 4.63. The predicted octanol–water partition coefficient (Wildman–Crippen LogP) is 4.40. The zero-order chi connectivity index (χ0) is 21.1. The molecule has 2 aromatic carbocycles. The largest absolute Gasteiger partial charge is 0.493 e. The number of carbonyl (C=O) groups is 3. The highest BCUT2D eigenvalue weighted by atomic mass is 79.9. The van der Waals surface area contributed by atoms with Gasteiger partial charge in [-0.1, -0.05) is 12.1 Å². The van der Waals surface area contributed by atoms with E-state index >= 15 is 0 Å². The number of thioether (sulfide) groups is 1. The molecule has 0 saturated carbocycles. The number of ether oxygens (including phenoxy) is 2. The lowest BCUT2D eigenvalue weighted by Gasteiger charge is -2.14. The van der Waals surface area contributed by atoms with Gasteiger partial charge in [-0.2, -0.15) is 0 Å². The number of carboxylic acid groups (broad SMARTS) is 1. The zero-order valence-corrected chi connectivity index (χ0v) is 17.9. The van der Waals surface area contributed by atoms with E-state index in [4.69, 9.17) is 14.6 Å². The molecule has 0 spiro atoms. The van der Waals surface area contributed by atoms with Crippen molar-refractivity contribution in [2.75, 3.05) is 14.2 Å². The fourth-order valence-electron chi connectivity index (χ4n) is 2.56. The Morgan fingerprint density at radius 1 is 1.24 bits per heavy atom. The van der Waals surface area contributed by atoms with Crippen molar-refractivity contribution in [3.8, 4) is 11.5 Å². The summed E-state index contributed by atoms with van der Waals surface area (Å²) >= 11 is 4.33. The summed E-state index contributed by atoms with van der Waals surface area (Å²) in [6, 6.07) is 9.85. The molecule has 0 unspecified atom stereocenters. The van der Waals surface area contributed by atoms with Crippen molar-refractivity contribution in [3.63, 3.8) is 0 Å². The first-order valence-corrected chi connectivity index (χ1v) is 9.95. The van der Waals surface area contributed by atoms with Crippen molar-refractivity contribution < 1.29 is 29.0 Å². The van der Waals surface area contributed by atoms with Gasteiger partial charge in [0.15, 0.2) is 11.5 Å². The van der Waals surface area contributed by atoms with Crippen molar-refractivity contribution in [2.45, 2.75) is 6.61 Å². The summed E-state index contributed by atoms with van der Waals surface area (Å²) in [6.45, 7) is 0.211. The van der Waals surface area contributed by atoms with E-state index in [0.29, 0.717) is 26.4 Å². The van der Waals surface area contributed by atoms with Crippen LogP contribution in [-0.4, -0.2) is 41.3 Å². The van der Waals surface area contributed by atoms with Crippen LogP contribution in [0.5, 0.6) is 11.5 Å². The molecule has 1 aliphatic heterocycles. The summed E-state index contributed by atoms with van der Waals surface area (Å²) in [5, 5.41) is 8.64. The number of likely N-dealkylation sites (N-methyl/N-ethyl adjacent to an activating group) is 1. The van der Waals surface area contributed by atoms with Crippen LogP contribution < -0.4 is 9.47 Å². The SMILES string of the molecule is COc1cc(/C=C2\SC(=O)N(C)C2=O)cc(Br)c1OCc1ccc(C(=O)O)cc1. The number of hydrogen-bond acceptors (Lipinski definition) is 6. The molecule has 29 heavy (non-hydrogen) atoms. The molecule has 3 rings (SSSR count). The smallest absolute Gasteiger partial charge is 0.335 e. The highest BCUT2D eigenvalue weighted by Gasteiger charge is 2.31. The highest BCUT2D eigenvalue weighted by molar-refractivity contribution is 9.10. The zero-order valence-electron chi connectivity index (χ0n) is 15.5. The fraction of sp³-hybridized carbons (Fsp3) is 0.150. The van der Waals surface area contributed by atoms with Crippen molar-refractivity contribution in [1.29, 1.82) is 0 Å². The first-order chi connectivity index (χ1) is 13.8. The van der Waals surface area contributed by atoms with Crippen LogP contribution >= 0.6 is 27.7 Å². The summed E-state index contributed by atoms with van der Waals surface area (Å²) in [7, 11) is 2.94. The van der Waals surface area contributed by atoms with Crippen molar-refractivity contribution >= 4 is 50.9 Å². The maximum Gasteiger partial charge on any atom is 0.335 e. The molecular weight excluding hydrogens is 462 g/mol. The number of benzene rings is 2. The van der Waals surface area contributed by atoms with E-state index in [2.05, 4.69) is 15.9 Å². The summed E-state index contributed by atoms with van der Waals surface area (Å²) in [5.41, 5.74) is 1.67. The van der Waals surface area contributed by atoms with Gasteiger partial charge in [0.2, 0.25) is 0 Å².